The van der Waals surface area contributed by atoms with Crippen molar-refractivity contribution >= 4 is 116 Å². The van der Waals surface area contributed by atoms with Gasteiger partial charge in [0.25, 0.3) is 5.24 Å². The number of esters is 2. The van der Waals surface area contributed by atoms with Gasteiger partial charge in [-0.2, -0.15) is 8.42 Å². The molecule has 0 bridgehead atoms. The van der Waals surface area contributed by atoms with E-state index in [1.54, 1.807) is 36.4 Å². The number of carbonyl (C=O) groups is 3. The van der Waals surface area contributed by atoms with Crippen molar-refractivity contribution in [1.82, 2.24) is 0 Å². The number of ether oxygens (including phenoxy) is 2. The van der Waals surface area contributed by atoms with Crippen LogP contribution in [-0.2, 0) is 52.0 Å². The molecule has 2 unspecified atom stereocenters. The topological polar surface area (TPSA) is 201 Å². The maximum atomic E-state index is 13.4. The van der Waals surface area contributed by atoms with Crippen molar-refractivity contribution in [1.29, 1.82) is 0 Å². The minimum atomic E-state index is -2.14. The van der Waals surface area contributed by atoms with Gasteiger partial charge in [-0.3, -0.25) is 4.79 Å². The second-order valence-electron chi connectivity index (χ2n) is 24.9. The van der Waals surface area contributed by atoms with Gasteiger partial charge in [-0.1, -0.05) is 253 Å². The summed E-state index contributed by atoms with van der Waals surface area (Å²) in [7, 11) is 0. The third-order valence-electron chi connectivity index (χ3n) is 18.0. The molecule has 17 heteroatoms. The average Bonchev–Trinajstić information content (AvgIpc) is 1.53. The largest absolute Gasteiger partial charge is 0.507 e. The van der Waals surface area contributed by atoms with Gasteiger partial charge in [-0.25, -0.2) is 9.59 Å². The van der Waals surface area contributed by atoms with Crippen LogP contribution in [0.25, 0.3) is 98.0 Å². The van der Waals surface area contributed by atoms with Gasteiger partial charge in [0.15, 0.2) is 23.0 Å². The molecular formula is C87H63ClO14S2. The van der Waals surface area contributed by atoms with Crippen molar-refractivity contribution in [2.45, 2.75) is 40.6 Å². The van der Waals surface area contributed by atoms with Crippen molar-refractivity contribution in [3.8, 4) is 67.9 Å². The molecule has 14 nitrogen and oxygen atoms in total. The first kappa shape index (κ1) is 68.9. The van der Waals surface area contributed by atoms with Crippen LogP contribution in [0.4, 0.5) is 0 Å². The highest BCUT2D eigenvalue weighted by molar-refractivity contribution is 7.76. The SMILES string of the molecule is Cc1ccc(CO)cc1.Cc1ccc(COC(=O)c2cc3ccccc3c(-c3c(O)ccc4ccccc34)c2O)cc1.Cc1ccc(COC(=O)c2cc3ccccc3c3c2OS(=O)Oc2ccc4ccccc4c2-3)cc1.O=C(Cl)c1cc2ccccc2c2c1OS(=O)Oc1ccc3ccccc3c1-2. The van der Waals surface area contributed by atoms with E-state index < -0.39 is 39.9 Å². The van der Waals surface area contributed by atoms with Crippen molar-refractivity contribution in [2.24, 2.45) is 0 Å². The maximum Gasteiger partial charge on any atom is 0.417 e. The number of fused-ring (bicyclic) bond motifs is 16. The minimum Gasteiger partial charge on any atom is -0.507 e. The summed E-state index contributed by atoms with van der Waals surface area (Å²) in [5.74, 6) is -0.166. The number of hydrogen-bond acceptors (Lipinski definition) is 14. The second-order valence-corrected chi connectivity index (χ2v) is 26.7. The number of carbonyl (C=O) groups excluding carboxylic acids is 3. The molecule has 2 atom stereocenters. The molecule has 2 aliphatic heterocycles. The van der Waals surface area contributed by atoms with E-state index in [0.717, 1.165) is 104 Å². The highest BCUT2D eigenvalue weighted by Gasteiger charge is 2.33. The average molecular weight is 1430 g/mol. The van der Waals surface area contributed by atoms with Gasteiger partial charge in [0.2, 0.25) is 0 Å². The van der Waals surface area contributed by atoms with Gasteiger partial charge in [0, 0.05) is 33.4 Å². The Hall–Kier alpha value is -12.2. The van der Waals surface area contributed by atoms with Gasteiger partial charge in [0.1, 0.15) is 35.8 Å². The van der Waals surface area contributed by atoms with Crippen LogP contribution in [0.1, 0.15) is 64.5 Å². The molecule has 0 aromatic heterocycles. The predicted molar refractivity (Wildman–Crippen MR) is 411 cm³/mol. The molecule has 2 heterocycles. The first-order valence-electron chi connectivity index (χ1n) is 33.1. The van der Waals surface area contributed by atoms with Crippen LogP contribution in [0.5, 0.6) is 34.5 Å². The standard InChI is InChI=1S/C29H20O5S.C29H22O4.C21H11ClO4S.C8H10O/c1-18-10-12-19(13-11-18)17-32-29(30)24-16-21-7-3-5-9-23(21)27-26-22-8-4-2-6-20(22)14-15-25(26)33-35(31)34-28(24)27;1-18-10-12-19(13-11-18)17-33-29(32)24-16-21-7-3-5-9-23(21)27(28(24)31)26-22-8-4-2-6-20(22)14-15-25(26)30;22-21(23)16-11-13-6-2-4-8-15(13)19-18-14-7-3-1-5-12(14)9-10-17(18)25-27(24)26-20(16)19;1-7-2-4-8(6-9)5-3-7/h2-16H,17H2,1H3;2-16,30-31H,17H2,1H3;1-11H;2-5,9H,6H2,1H3. The number of rotatable bonds is 9. The van der Waals surface area contributed by atoms with Crippen molar-refractivity contribution in [3.05, 3.63) is 323 Å². The molecule has 0 saturated carbocycles. The smallest absolute Gasteiger partial charge is 0.417 e. The van der Waals surface area contributed by atoms with E-state index in [0.29, 0.717) is 33.8 Å². The molecule has 15 aromatic carbocycles. The summed E-state index contributed by atoms with van der Waals surface area (Å²) in [4.78, 5) is 38.5. The van der Waals surface area contributed by atoms with Crippen LogP contribution in [0.2, 0.25) is 0 Å². The van der Waals surface area contributed by atoms with Crippen LogP contribution in [-0.4, -0.2) is 40.9 Å². The summed E-state index contributed by atoms with van der Waals surface area (Å²) < 4.78 is 58.8. The number of phenols is 2. The Balaban J connectivity index is 0.000000125. The number of aryl methyl sites for hydroxylation is 3. The van der Waals surface area contributed by atoms with Crippen LogP contribution in [0.3, 0.4) is 0 Å². The molecular weight excluding hydrogens is 1370 g/mol. The Morgan fingerprint density at radius 1 is 0.356 bits per heavy atom. The zero-order valence-corrected chi connectivity index (χ0v) is 58.5. The molecule has 0 aliphatic carbocycles. The van der Waals surface area contributed by atoms with E-state index in [2.05, 4.69) is 0 Å². The van der Waals surface area contributed by atoms with E-state index in [1.807, 2.05) is 257 Å². The second kappa shape index (κ2) is 30.2. The van der Waals surface area contributed by atoms with Crippen LogP contribution >= 0.6 is 11.6 Å². The lowest BCUT2D eigenvalue weighted by molar-refractivity contribution is 0.0461. The first-order valence-corrected chi connectivity index (χ1v) is 35.4. The lowest BCUT2D eigenvalue weighted by Gasteiger charge is -2.16. The minimum absolute atomic E-state index is 0.0272. The van der Waals surface area contributed by atoms with Crippen molar-refractivity contribution in [2.75, 3.05) is 0 Å². The number of halogens is 1. The monoisotopic (exact) mass is 1430 g/mol. The number of hydrogen-bond donors (Lipinski definition) is 3. The Labute approximate surface area is 608 Å². The van der Waals surface area contributed by atoms with Gasteiger partial charge >= 0.3 is 34.7 Å². The summed E-state index contributed by atoms with van der Waals surface area (Å²) in [6.45, 7) is 6.37. The molecule has 15 aromatic rings. The molecule has 2 aliphatic rings. The maximum absolute atomic E-state index is 13.4. The predicted octanol–water partition coefficient (Wildman–Crippen LogP) is 20.3. The molecule has 3 N–H and O–H groups in total. The lowest BCUT2D eigenvalue weighted by atomic mass is 9.90. The molecule has 514 valence electrons. The van der Waals surface area contributed by atoms with Gasteiger partial charge in [-0.15, -0.1) is 0 Å². The normalized spacial score (nSPS) is 13.2. The molecule has 0 amide bonds. The van der Waals surface area contributed by atoms with Crippen LogP contribution in [0, 0.1) is 20.8 Å². The number of aromatic hydroxyl groups is 2. The molecule has 17 rings (SSSR count). The molecule has 0 spiro atoms. The fourth-order valence-corrected chi connectivity index (χ4v) is 14.3. The summed E-state index contributed by atoms with van der Waals surface area (Å²) >= 11 is 1.58. The van der Waals surface area contributed by atoms with E-state index in [4.69, 9.17) is 42.9 Å². The Morgan fingerprint density at radius 3 is 1.10 bits per heavy atom. The molecule has 104 heavy (non-hydrogen) atoms. The third kappa shape index (κ3) is 14.3. The Kier molecular flexibility index (Phi) is 20.0. The van der Waals surface area contributed by atoms with E-state index in [1.165, 1.54) is 5.56 Å². The van der Waals surface area contributed by atoms with Gasteiger partial charge in [0.05, 0.1) is 12.2 Å². The highest BCUT2D eigenvalue weighted by Crippen LogP contribution is 2.52. The fourth-order valence-electron chi connectivity index (χ4n) is 12.9. The number of benzene rings is 15. The molecule has 0 radical (unpaired) electrons. The lowest BCUT2D eigenvalue weighted by Crippen LogP contribution is -2.11. The number of aliphatic hydroxyl groups is 1. The van der Waals surface area contributed by atoms with Crippen LogP contribution < -0.4 is 16.7 Å². The van der Waals surface area contributed by atoms with Gasteiger partial charge in [-0.05, 0) is 150 Å². The summed E-state index contributed by atoms with van der Waals surface area (Å²) in [5, 5.41) is 40.5. The number of phenolic OH excluding ortho intramolecular Hbond substituents is 2. The number of aliphatic hydroxyl groups excluding tert-OH is 1. The van der Waals surface area contributed by atoms with E-state index in [-0.39, 0.29) is 59.5 Å². The van der Waals surface area contributed by atoms with Crippen molar-refractivity contribution in [3.63, 3.8) is 0 Å². The third-order valence-corrected chi connectivity index (χ3v) is 19.5. The fraction of sp³-hybridized carbons (Fsp3) is 0.0690. The van der Waals surface area contributed by atoms with E-state index >= 15 is 0 Å². The first-order chi connectivity index (χ1) is 50.6. The Morgan fingerprint density at radius 2 is 0.683 bits per heavy atom. The summed E-state index contributed by atoms with van der Waals surface area (Å²) in [6.07, 6.45) is 0. The van der Waals surface area contributed by atoms with Crippen molar-refractivity contribution < 1.29 is 64.3 Å². The zero-order valence-electron chi connectivity index (χ0n) is 56.1. The quantitative estimate of drug-likeness (QED) is 0.0910. The highest BCUT2D eigenvalue weighted by atomic mass is 35.5. The molecule has 0 fully saturated rings. The summed E-state index contributed by atoms with van der Waals surface area (Å²) in [5.41, 5.74) is 10.2. The zero-order chi connectivity index (χ0) is 72.1. The van der Waals surface area contributed by atoms with Crippen LogP contribution in [0.15, 0.2) is 273 Å². The van der Waals surface area contributed by atoms with Gasteiger partial charge < -0.3 is 41.5 Å². The molecule has 0 saturated heterocycles. The summed E-state index contributed by atoms with van der Waals surface area (Å²) in [6, 6.07) is 85.2. The van der Waals surface area contributed by atoms with E-state index in [9.17, 15) is 33.0 Å². The Bertz CT molecular complexity index is 5920.